The fraction of sp³-hybridized carbons (Fsp3) is 0.741. The molecule has 1 N–H and O–H groups in total. The highest BCUT2D eigenvalue weighted by Crippen LogP contribution is 2.77. The van der Waals surface area contributed by atoms with Gasteiger partial charge in [0, 0.05) is 0 Å². The largest absolute Gasteiger partial charge is 0.472 e. The third-order valence-electron chi connectivity index (χ3n) is 10.3. The number of ether oxygens (including phenoxy) is 5. The Balaban J connectivity index is 1.55. The Morgan fingerprint density at radius 3 is 2.51 bits per heavy atom. The molecule has 5 aliphatic rings. The highest BCUT2D eigenvalue weighted by atomic mass is 16.7. The van der Waals surface area contributed by atoms with E-state index in [9.17, 15) is 19.5 Å². The van der Waals surface area contributed by atoms with Crippen LogP contribution in [0.4, 0.5) is 0 Å². The Morgan fingerprint density at radius 2 is 1.86 bits per heavy atom. The van der Waals surface area contributed by atoms with Gasteiger partial charge in [-0.15, -0.1) is 0 Å². The average Bonchev–Trinajstić information content (AvgIpc) is 3.10. The lowest BCUT2D eigenvalue weighted by atomic mass is 9.45. The van der Waals surface area contributed by atoms with E-state index in [1.54, 1.807) is 26.8 Å². The molecule has 1 aromatic heterocycles. The van der Waals surface area contributed by atoms with Crippen LogP contribution >= 0.6 is 0 Å². The van der Waals surface area contributed by atoms with E-state index in [0.29, 0.717) is 18.4 Å². The molecular formula is C27H34O10. The molecule has 10 heteroatoms. The summed E-state index contributed by atoms with van der Waals surface area (Å²) in [6.07, 6.45) is 0.433. The Labute approximate surface area is 214 Å². The van der Waals surface area contributed by atoms with Gasteiger partial charge in [0.25, 0.3) is 0 Å². The number of carbonyl (C=O) groups is 3. The first-order chi connectivity index (χ1) is 17.3. The molecule has 6 rings (SSSR count). The molecule has 4 saturated heterocycles. The van der Waals surface area contributed by atoms with Gasteiger partial charge in [0.05, 0.1) is 54.3 Å². The van der Waals surface area contributed by atoms with Crippen LogP contribution in [0.25, 0.3) is 0 Å². The van der Waals surface area contributed by atoms with E-state index in [2.05, 4.69) is 0 Å². The molecule has 4 aliphatic heterocycles. The van der Waals surface area contributed by atoms with Crippen LogP contribution in [-0.2, 0) is 33.3 Å². The molecule has 1 aromatic rings. The number of cyclic esters (lactones) is 1. The maximum atomic E-state index is 14.1. The van der Waals surface area contributed by atoms with E-state index in [-0.39, 0.29) is 24.2 Å². The number of ketones is 1. The molecule has 0 aromatic carbocycles. The zero-order chi connectivity index (χ0) is 26.8. The van der Waals surface area contributed by atoms with Gasteiger partial charge >= 0.3 is 11.9 Å². The fourth-order valence-corrected chi connectivity index (χ4v) is 8.65. The number of Topliss-reactive ketones (excluding diaryl/α,β-unsaturated/α-hetero) is 1. The van der Waals surface area contributed by atoms with Gasteiger partial charge in [-0.05, 0) is 52.5 Å². The minimum absolute atomic E-state index is 0.0368. The number of epoxide rings is 1. The van der Waals surface area contributed by atoms with E-state index in [1.165, 1.54) is 19.6 Å². The zero-order valence-corrected chi connectivity index (χ0v) is 21.9. The van der Waals surface area contributed by atoms with Crippen molar-refractivity contribution in [3.05, 3.63) is 24.2 Å². The second-order valence-electron chi connectivity index (χ2n) is 12.2. The first-order valence-corrected chi connectivity index (χ1v) is 12.9. The lowest BCUT2D eigenvalue weighted by Gasteiger charge is -2.56. The van der Waals surface area contributed by atoms with Crippen LogP contribution in [0.3, 0.4) is 0 Å². The third kappa shape index (κ3) is 2.72. The quantitative estimate of drug-likeness (QED) is 0.361. The van der Waals surface area contributed by atoms with Gasteiger partial charge in [0.1, 0.15) is 23.6 Å². The Morgan fingerprint density at radius 1 is 1.14 bits per heavy atom. The van der Waals surface area contributed by atoms with E-state index in [0.717, 1.165) is 0 Å². The number of aliphatic hydroxyl groups is 1. The first-order valence-electron chi connectivity index (χ1n) is 12.9. The highest BCUT2D eigenvalue weighted by molar-refractivity contribution is 6.02. The van der Waals surface area contributed by atoms with E-state index in [1.807, 2.05) is 13.8 Å². The number of rotatable bonds is 3. The van der Waals surface area contributed by atoms with Gasteiger partial charge in [-0.25, -0.2) is 4.79 Å². The van der Waals surface area contributed by atoms with Crippen molar-refractivity contribution in [1.29, 1.82) is 0 Å². The lowest BCUT2D eigenvalue weighted by Crippen LogP contribution is -2.69. The minimum atomic E-state index is -1.65. The molecule has 0 radical (unpaired) electrons. The summed E-state index contributed by atoms with van der Waals surface area (Å²) in [5.41, 5.74) is -4.42. The monoisotopic (exact) mass is 518 g/mol. The van der Waals surface area contributed by atoms with Crippen LogP contribution in [0.1, 0.15) is 64.2 Å². The number of fused-ring (bicyclic) bond motifs is 4. The summed E-state index contributed by atoms with van der Waals surface area (Å²) in [5.74, 6) is -3.72. The van der Waals surface area contributed by atoms with Crippen molar-refractivity contribution in [3.63, 3.8) is 0 Å². The summed E-state index contributed by atoms with van der Waals surface area (Å²) in [5, 5.41) is 12.0. The second-order valence-corrected chi connectivity index (χ2v) is 12.2. The number of furan rings is 1. The van der Waals surface area contributed by atoms with E-state index in [4.69, 9.17) is 28.1 Å². The molecule has 1 aliphatic carbocycles. The van der Waals surface area contributed by atoms with Gasteiger partial charge in [-0.2, -0.15) is 0 Å². The van der Waals surface area contributed by atoms with Gasteiger partial charge < -0.3 is 33.2 Å². The van der Waals surface area contributed by atoms with Crippen molar-refractivity contribution >= 4 is 17.7 Å². The van der Waals surface area contributed by atoms with Crippen molar-refractivity contribution in [2.75, 3.05) is 7.11 Å². The van der Waals surface area contributed by atoms with Crippen LogP contribution in [0.15, 0.2) is 23.0 Å². The van der Waals surface area contributed by atoms with Crippen LogP contribution in [0.2, 0.25) is 0 Å². The van der Waals surface area contributed by atoms with Gasteiger partial charge in [-0.1, -0.05) is 6.92 Å². The molecule has 202 valence electrons. The topological polar surface area (TPSA) is 134 Å². The highest BCUT2D eigenvalue weighted by Gasteiger charge is 2.91. The summed E-state index contributed by atoms with van der Waals surface area (Å²) in [7, 11) is 1.28. The summed E-state index contributed by atoms with van der Waals surface area (Å²) in [6.45, 7) is 9.10. The average molecular weight is 519 g/mol. The van der Waals surface area contributed by atoms with E-state index >= 15 is 0 Å². The van der Waals surface area contributed by atoms with Crippen molar-refractivity contribution in [1.82, 2.24) is 0 Å². The van der Waals surface area contributed by atoms with Crippen molar-refractivity contribution < 1.29 is 47.6 Å². The molecule has 0 amide bonds. The van der Waals surface area contributed by atoms with Crippen LogP contribution in [-0.4, -0.2) is 71.3 Å². The van der Waals surface area contributed by atoms with Crippen LogP contribution < -0.4 is 0 Å². The molecule has 0 bridgehead atoms. The molecule has 5 fully saturated rings. The number of esters is 2. The summed E-state index contributed by atoms with van der Waals surface area (Å²) in [6, 6.07) is 1.59. The molecule has 10 nitrogen and oxygen atoms in total. The second kappa shape index (κ2) is 7.43. The normalized spacial score (nSPS) is 49.4. The zero-order valence-electron chi connectivity index (χ0n) is 21.9. The molecule has 5 heterocycles. The van der Waals surface area contributed by atoms with Gasteiger partial charge in [0.2, 0.25) is 5.79 Å². The minimum Gasteiger partial charge on any atom is -0.472 e. The van der Waals surface area contributed by atoms with Gasteiger partial charge in [-0.3, -0.25) is 9.59 Å². The van der Waals surface area contributed by atoms with Crippen molar-refractivity contribution in [3.8, 4) is 0 Å². The number of aliphatic hydroxyl groups excluding tert-OH is 1. The summed E-state index contributed by atoms with van der Waals surface area (Å²) >= 11 is 0. The molecule has 1 unspecified atom stereocenters. The summed E-state index contributed by atoms with van der Waals surface area (Å²) < 4.78 is 35.5. The molecular weight excluding hydrogens is 484 g/mol. The maximum absolute atomic E-state index is 14.1. The van der Waals surface area contributed by atoms with Gasteiger partial charge in [0.15, 0.2) is 11.9 Å². The maximum Gasteiger partial charge on any atom is 0.338 e. The van der Waals surface area contributed by atoms with Crippen LogP contribution in [0, 0.1) is 22.7 Å². The molecule has 1 saturated carbocycles. The Hall–Kier alpha value is -2.27. The first kappa shape index (κ1) is 25.0. The third-order valence-corrected chi connectivity index (χ3v) is 10.3. The lowest BCUT2D eigenvalue weighted by molar-refractivity contribution is -0.305. The van der Waals surface area contributed by atoms with Crippen LogP contribution in [0.5, 0.6) is 0 Å². The Bertz CT molecular complexity index is 1160. The van der Waals surface area contributed by atoms with E-state index < -0.39 is 64.0 Å². The predicted octanol–water partition coefficient (Wildman–Crippen LogP) is 2.41. The summed E-state index contributed by atoms with van der Waals surface area (Å²) in [4.78, 5) is 39.6. The standard InChI is InChI=1S/C27H34O10/c1-13-15-7-9-24(4,19(29)14-8-10-33-12-14)26(21(37-26)22(31)32-6)25(15,5)27(34-13)20(30)18-16(35-27)11-17(28)36-23(18,2)3/h8,10,12-13,15-16,18,20-21,30H,7,9,11H2,1-6H3/t13-,15?,16+,18-,20-,21+,24+,25-,26-,27+/m1/s1. The predicted molar refractivity (Wildman–Crippen MR) is 124 cm³/mol. The van der Waals surface area contributed by atoms with Crippen molar-refractivity contribution in [2.45, 2.75) is 95.3 Å². The SMILES string of the molecule is COC(=O)[C@@H]1O[C@]12[C@@]1(C)C(CC[C@@]2(C)C(=O)c2ccoc2)[C@@H](C)O[C@@]12O[C@H]1CC(=O)OC(C)(C)[C@H]1[C@H]2O. The Kier molecular flexibility index (Phi) is 5.03. The molecule has 37 heavy (non-hydrogen) atoms. The fourth-order valence-electron chi connectivity index (χ4n) is 8.65. The number of hydrogen-bond acceptors (Lipinski definition) is 10. The molecule has 2 spiro atoms. The smallest absolute Gasteiger partial charge is 0.338 e. The number of methoxy groups -OCH3 is 1. The number of carbonyl (C=O) groups excluding carboxylic acids is 3. The van der Waals surface area contributed by atoms with Crippen molar-refractivity contribution in [2.24, 2.45) is 22.7 Å². The number of hydrogen-bond donors (Lipinski definition) is 1. The molecule has 10 atom stereocenters.